The standard InChI is InChI=1S/C3H3Cl2N3O3.Na.H/c4-1-2(9)6-8(11)7(5)3(1)10;;/h1,11H,(H,6,9);;. The van der Waals surface area contributed by atoms with Crippen molar-refractivity contribution in [3.05, 3.63) is 0 Å². The third-order valence-electron chi connectivity index (χ3n) is 1.01. The molecule has 1 aliphatic heterocycles. The number of amides is 2. The van der Waals surface area contributed by atoms with E-state index in [2.05, 4.69) is 0 Å². The van der Waals surface area contributed by atoms with Crippen LogP contribution < -0.4 is 5.43 Å². The summed E-state index contributed by atoms with van der Waals surface area (Å²) in [6.45, 7) is 0. The van der Waals surface area contributed by atoms with Crippen LogP contribution >= 0.6 is 23.4 Å². The van der Waals surface area contributed by atoms with Crippen LogP contribution in [0.4, 0.5) is 0 Å². The maximum atomic E-state index is 10.7. The van der Waals surface area contributed by atoms with Gasteiger partial charge in [-0.1, -0.05) is 0 Å². The summed E-state index contributed by atoms with van der Waals surface area (Å²) in [6, 6.07) is 0. The molecule has 12 heavy (non-hydrogen) atoms. The molecule has 0 aromatic heterocycles. The Morgan fingerprint density at radius 2 is 2.00 bits per heavy atom. The Balaban J connectivity index is 0.00000121. The fourth-order valence-corrected chi connectivity index (χ4v) is 0.825. The molecule has 1 unspecified atom stereocenters. The number of hydrogen-bond donors (Lipinski definition) is 2. The summed E-state index contributed by atoms with van der Waals surface area (Å²) in [7, 11) is 0. The summed E-state index contributed by atoms with van der Waals surface area (Å²) < 4.78 is 0.263. The van der Waals surface area contributed by atoms with Crippen molar-refractivity contribution in [1.29, 1.82) is 0 Å². The number of nitrogens with zero attached hydrogens (tertiary/aromatic N) is 2. The fraction of sp³-hybridized carbons (Fsp3) is 0.333. The molecule has 1 rings (SSSR count). The second kappa shape index (κ2) is 4.61. The molecule has 1 heterocycles. The molecular formula is C3H4Cl2N3NaO3. The maximum absolute atomic E-state index is 10.7. The van der Waals surface area contributed by atoms with Gasteiger partial charge in [-0.05, 0) is 0 Å². The van der Waals surface area contributed by atoms with Gasteiger partial charge in [0.25, 0.3) is 11.8 Å². The first kappa shape index (κ1) is 12.4. The average molecular weight is 224 g/mol. The second-order valence-corrected chi connectivity index (χ2v) is 2.48. The second-order valence-electron chi connectivity index (χ2n) is 1.73. The first-order valence-corrected chi connectivity index (χ1v) is 3.24. The predicted molar refractivity (Wildman–Crippen MR) is 41.3 cm³/mol. The van der Waals surface area contributed by atoms with E-state index in [1.807, 2.05) is 0 Å². The van der Waals surface area contributed by atoms with Crippen molar-refractivity contribution in [3.63, 3.8) is 0 Å². The van der Waals surface area contributed by atoms with Crippen molar-refractivity contribution in [2.24, 2.45) is 0 Å². The Morgan fingerprint density at radius 3 is 2.50 bits per heavy atom. The van der Waals surface area contributed by atoms with Gasteiger partial charge in [0.2, 0.25) is 0 Å². The minimum absolute atomic E-state index is 0. The van der Waals surface area contributed by atoms with Crippen LogP contribution in [-0.4, -0.2) is 61.8 Å². The number of rotatable bonds is 0. The van der Waals surface area contributed by atoms with E-state index in [0.29, 0.717) is 0 Å². The van der Waals surface area contributed by atoms with Gasteiger partial charge in [0, 0.05) is 17.1 Å². The Morgan fingerprint density at radius 1 is 1.50 bits per heavy atom. The Kier molecular flexibility index (Phi) is 4.78. The molecule has 9 heteroatoms. The van der Waals surface area contributed by atoms with Gasteiger partial charge < -0.3 is 0 Å². The zero-order valence-electron chi connectivity index (χ0n) is 4.99. The van der Waals surface area contributed by atoms with Crippen LogP contribution in [0.5, 0.6) is 0 Å². The van der Waals surface area contributed by atoms with Crippen molar-refractivity contribution in [2.45, 2.75) is 5.38 Å². The van der Waals surface area contributed by atoms with E-state index in [0.717, 1.165) is 0 Å². The molecule has 0 aromatic carbocycles. The third kappa shape index (κ3) is 2.23. The van der Waals surface area contributed by atoms with E-state index < -0.39 is 17.2 Å². The SMILES string of the molecule is O=C1NN(O)N(Cl)C(=O)C1Cl.[NaH]. The van der Waals surface area contributed by atoms with E-state index in [-0.39, 0.29) is 39.4 Å². The summed E-state index contributed by atoms with van der Waals surface area (Å²) in [6.07, 6.45) is 0. The third-order valence-corrected chi connectivity index (χ3v) is 1.70. The number of halogens is 2. The topological polar surface area (TPSA) is 72.9 Å². The van der Waals surface area contributed by atoms with E-state index >= 15 is 0 Å². The van der Waals surface area contributed by atoms with E-state index in [1.165, 1.54) is 0 Å². The van der Waals surface area contributed by atoms with Gasteiger partial charge in [0.1, 0.15) is 0 Å². The molecule has 0 bridgehead atoms. The number of alkyl halides is 1. The summed E-state index contributed by atoms with van der Waals surface area (Å²) >= 11 is 10.4. The zero-order valence-corrected chi connectivity index (χ0v) is 6.50. The molecule has 64 valence electrons. The average Bonchev–Trinajstić information content (AvgIpc) is 1.97. The molecular weight excluding hydrogens is 220 g/mol. The van der Waals surface area contributed by atoms with Gasteiger partial charge in [0.15, 0.2) is 5.38 Å². The van der Waals surface area contributed by atoms with Crippen molar-refractivity contribution < 1.29 is 14.8 Å². The molecule has 1 aliphatic rings. The van der Waals surface area contributed by atoms with Gasteiger partial charge in [0.05, 0.1) is 0 Å². The summed E-state index contributed by atoms with van der Waals surface area (Å²) in [4.78, 5) is 21.4. The van der Waals surface area contributed by atoms with E-state index in [1.54, 1.807) is 5.43 Å². The number of carbonyl (C=O) groups is 2. The molecule has 2 N–H and O–H groups in total. The van der Waals surface area contributed by atoms with Crippen LogP contribution in [0.1, 0.15) is 0 Å². The summed E-state index contributed by atoms with van der Waals surface area (Å²) in [5.74, 6) is -1.73. The molecule has 1 atom stereocenters. The van der Waals surface area contributed by atoms with Crippen LogP contribution in [-0.2, 0) is 9.59 Å². The van der Waals surface area contributed by atoms with Crippen LogP contribution in [0.2, 0.25) is 0 Å². The van der Waals surface area contributed by atoms with E-state index in [4.69, 9.17) is 28.6 Å². The Hall–Kier alpha value is 0.440. The van der Waals surface area contributed by atoms with Crippen molar-refractivity contribution >= 4 is 64.7 Å². The Bertz CT molecular complexity index is 215. The number of hydrogen-bond acceptors (Lipinski definition) is 4. The van der Waals surface area contributed by atoms with Crippen molar-refractivity contribution in [3.8, 4) is 0 Å². The quantitative estimate of drug-likeness (QED) is 0.229. The van der Waals surface area contributed by atoms with Gasteiger partial charge in [-0.2, -0.15) is 0 Å². The number of hydrazine groups is 2. The van der Waals surface area contributed by atoms with E-state index in [9.17, 15) is 9.59 Å². The molecule has 0 spiro atoms. The monoisotopic (exact) mass is 223 g/mol. The Labute approximate surface area is 99.7 Å². The van der Waals surface area contributed by atoms with Crippen molar-refractivity contribution in [2.75, 3.05) is 0 Å². The molecule has 1 fully saturated rings. The molecule has 1 saturated heterocycles. The molecule has 0 aliphatic carbocycles. The molecule has 0 aromatic rings. The number of nitrogens with one attached hydrogen (secondary N) is 1. The fourth-order valence-electron chi connectivity index (χ4n) is 0.498. The first-order chi connectivity index (χ1) is 5.04. The van der Waals surface area contributed by atoms with Gasteiger partial charge >= 0.3 is 29.6 Å². The molecule has 6 nitrogen and oxygen atoms in total. The molecule has 0 radical (unpaired) electrons. The first-order valence-electron chi connectivity index (χ1n) is 2.47. The normalized spacial score (nSPS) is 24.9. The van der Waals surface area contributed by atoms with Crippen LogP contribution in [0.3, 0.4) is 0 Å². The van der Waals surface area contributed by atoms with Gasteiger partial charge in [-0.25, -0.2) is 5.43 Å². The van der Waals surface area contributed by atoms with Crippen molar-refractivity contribution in [1.82, 2.24) is 15.2 Å². The van der Waals surface area contributed by atoms with Crippen LogP contribution in [0, 0.1) is 0 Å². The number of carbonyl (C=O) groups excluding carboxylic acids is 2. The van der Waals surface area contributed by atoms with Gasteiger partial charge in [-0.15, -0.1) is 16.1 Å². The molecule has 0 saturated carbocycles. The molecule has 2 amide bonds. The zero-order chi connectivity index (χ0) is 8.59. The van der Waals surface area contributed by atoms with Gasteiger partial charge in [-0.3, -0.25) is 14.8 Å². The minimum atomic E-state index is -1.39. The summed E-state index contributed by atoms with van der Waals surface area (Å²) in [5.41, 5.74) is 1.80. The van der Waals surface area contributed by atoms with Crippen LogP contribution in [0.15, 0.2) is 0 Å². The predicted octanol–water partition coefficient (Wildman–Crippen LogP) is -1.42. The van der Waals surface area contributed by atoms with Crippen LogP contribution in [0.25, 0.3) is 0 Å². The summed E-state index contributed by atoms with van der Waals surface area (Å²) in [5, 5.41) is 7.31.